The van der Waals surface area contributed by atoms with Gasteiger partial charge in [-0.2, -0.15) is 0 Å². The number of carbonyl (C=O) groups excluding carboxylic acids is 1. The van der Waals surface area contributed by atoms with Crippen molar-refractivity contribution in [1.82, 2.24) is 0 Å². The number of benzene rings is 1. The molecule has 4 nitrogen and oxygen atoms in total. The molecule has 1 aliphatic heterocycles. The highest BCUT2D eigenvalue weighted by Gasteiger charge is 2.47. The molecule has 18 heavy (non-hydrogen) atoms. The number of aliphatic carboxylic acids is 1. The molecule has 94 valence electrons. The fourth-order valence-corrected chi connectivity index (χ4v) is 2.90. The number of anilines is 1. The van der Waals surface area contributed by atoms with Crippen LogP contribution in [0, 0.1) is 0 Å². The van der Waals surface area contributed by atoms with E-state index in [-0.39, 0.29) is 17.7 Å². The molecule has 1 aliphatic carbocycles. The van der Waals surface area contributed by atoms with Crippen molar-refractivity contribution in [3.63, 3.8) is 0 Å². The Balaban J connectivity index is 2.01. The van der Waals surface area contributed by atoms with Gasteiger partial charge in [0.25, 0.3) is 0 Å². The summed E-state index contributed by atoms with van der Waals surface area (Å²) < 4.78 is 0. The number of fused-ring (bicyclic) bond motifs is 1. The second-order valence-corrected chi connectivity index (χ2v) is 5.23. The van der Waals surface area contributed by atoms with Gasteiger partial charge in [-0.05, 0) is 36.5 Å². The Labute approximate surface area is 105 Å². The van der Waals surface area contributed by atoms with Gasteiger partial charge in [0, 0.05) is 17.5 Å². The van der Waals surface area contributed by atoms with Crippen LogP contribution in [0.1, 0.15) is 36.8 Å². The van der Waals surface area contributed by atoms with E-state index in [2.05, 4.69) is 5.32 Å². The Hall–Kier alpha value is -1.84. The lowest BCUT2D eigenvalue weighted by molar-refractivity contribution is -0.137. The number of hydrogen-bond donors (Lipinski definition) is 2. The van der Waals surface area contributed by atoms with Crippen molar-refractivity contribution in [2.75, 3.05) is 5.32 Å². The van der Waals surface area contributed by atoms with Crippen LogP contribution in [0.15, 0.2) is 18.2 Å². The minimum absolute atomic E-state index is 0.0442. The van der Waals surface area contributed by atoms with Gasteiger partial charge in [-0.1, -0.05) is 12.1 Å². The first-order chi connectivity index (χ1) is 8.61. The lowest BCUT2D eigenvalue weighted by Gasteiger charge is -2.24. The molecule has 1 fully saturated rings. The predicted octanol–water partition coefficient (Wildman–Crippen LogP) is 2.08. The van der Waals surface area contributed by atoms with E-state index in [0.29, 0.717) is 6.42 Å². The fraction of sp³-hybridized carbons (Fsp3) is 0.429. The highest BCUT2D eigenvalue weighted by Crippen LogP contribution is 2.53. The summed E-state index contributed by atoms with van der Waals surface area (Å²) in [6, 6.07) is 5.82. The zero-order chi connectivity index (χ0) is 12.8. The molecular weight excluding hydrogens is 230 g/mol. The van der Waals surface area contributed by atoms with Gasteiger partial charge in [-0.15, -0.1) is 0 Å². The van der Waals surface area contributed by atoms with Crippen molar-refractivity contribution < 1.29 is 14.7 Å². The van der Waals surface area contributed by atoms with E-state index in [0.717, 1.165) is 36.1 Å². The van der Waals surface area contributed by atoms with Gasteiger partial charge in [-0.25, -0.2) is 0 Å². The average molecular weight is 245 g/mol. The Kier molecular flexibility index (Phi) is 2.40. The van der Waals surface area contributed by atoms with Gasteiger partial charge in [0.2, 0.25) is 5.91 Å². The van der Waals surface area contributed by atoms with Gasteiger partial charge in [0.05, 0.1) is 6.42 Å². The van der Waals surface area contributed by atoms with Crippen LogP contribution in [0.2, 0.25) is 0 Å². The standard InChI is InChI=1S/C14H15NO3/c16-12-5-4-9-10(2-1-3-11(9)15-12)14(6-7-14)8-13(17)18/h1-3H,4-8H2,(H,15,16)(H,17,18). The molecule has 4 heteroatoms. The first kappa shape index (κ1) is 11.3. The van der Waals surface area contributed by atoms with Crippen LogP contribution >= 0.6 is 0 Å². The third kappa shape index (κ3) is 1.78. The average Bonchev–Trinajstić information content (AvgIpc) is 3.07. The monoisotopic (exact) mass is 245 g/mol. The number of rotatable bonds is 3. The normalized spacial score (nSPS) is 19.9. The second kappa shape index (κ2) is 3.83. The molecule has 2 N–H and O–H groups in total. The Morgan fingerprint density at radius 2 is 2.11 bits per heavy atom. The van der Waals surface area contributed by atoms with Crippen molar-refractivity contribution in [2.24, 2.45) is 0 Å². The summed E-state index contributed by atoms with van der Waals surface area (Å²) in [7, 11) is 0. The Bertz CT molecular complexity index is 532. The van der Waals surface area contributed by atoms with Gasteiger partial charge in [-0.3, -0.25) is 9.59 Å². The van der Waals surface area contributed by atoms with Crippen LogP contribution in [0.5, 0.6) is 0 Å². The van der Waals surface area contributed by atoms with Gasteiger partial charge in [0.15, 0.2) is 0 Å². The first-order valence-electron chi connectivity index (χ1n) is 6.25. The number of hydrogen-bond acceptors (Lipinski definition) is 2. The summed E-state index contributed by atoms with van der Waals surface area (Å²) in [6.45, 7) is 0. The number of carboxylic acid groups (broad SMARTS) is 1. The molecule has 1 aromatic rings. The molecule has 1 amide bonds. The SMILES string of the molecule is O=C(O)CC1(c2cccc3c2CCC(=O)N3)CC1. The number of amides is 1. The molecule has 3 rings (SSSR count). The lowest BCUT2D eigenvalue weighted by atomic mass is 9.85. The smallest absolute Gasteiger partial charge is 0.304 e. The fourth-order valence-electron chi connectivity index (χ4n) is 2.90. The third-order valence-corrected chi connectivity index (χ3v) is 3.97. The number of nitrogens with one attached hydrogen (secondary N) is 1. The van der Waals surface area contributed by atoms with Crippen LogP contribution in [0.25, 0.3) is 0 Å². The van der Waals surface area contributed by atoms with Crippen molar-refractivity contribution >= 4 is 17.6 Å². The molecule has 1 saturated carbocycles. The summed E-state index contributed by atoms with van der Waals surface area (Å²) in [5.74, 6) is -0.701. The zero-order valence-corrected chi connectivity index (χ0v) is 10.0. The minimum Gasteiger partial charge on any atom is -0.481 e. The molecular formula is C14H15NO3. The minimum atomic E-state index is -0.745. The highest BCUT2D eigenvalue weighted by atomic mass is 16.4. The van der Waals surface area contributed by atoms with Crippen LogP contribution in [-0.4, -0.2) is 17.0 Å². The summed E-state index contributed by atoms with van der Waals surface area (Å²) in [5.41, 5.74) is 2.94. The van der Waals surface area contributed by atoms with E-state index in [1.54, 1.807) is 0 Å². The lowest BCUT2D eigenvalue weighted by Crippen LogP contribution is -2.23. The van der Waals surface area contributed by atoms with Crippen LogP contribution in [0.3, 0.4) is 0 Å². The summed E-state index contributed by atoms with van der Waals surface area (Å²) in [4.78, 5) is 22.4. The summed E-state index contributed by atoms with van der Waals surface area (Å²) >= 11 is 0. The maximum Gasteiger partial charge on any atom is 0.304 e. The van der Waals surface area contributed by atoms with E-state index in [1.165, 1.54) is 0 Å². The van der Waals surface area contributed by atoms with Crippen LogP contribution in [-0.2, 0) is 21.4 Å². The van der Waals surface area contributed by atoms with E-state index in [9.17, 15) is 9.59 Å². The van der Waals surface area contributed by atoms with Crippen molar-refractivity contribution in [2.45, 2.75) is 37.5 Å². The van der Waals surface area contributed by atoms with Gasteiger partial charge >= 0.3 is 5.97 Å². The molecule has 0 aromatic heterocycles. The maximum atomic E-state index is 11.4. The molecule has 0 saturated heterocycles. The van der Waals surface area contributed by atoms with Crippen LogP contribution < -0.4 is 5.32 Å². The van der Waals surface area contributed by atoms with Crippen LogP contribution in [0.4, 0.5) is 5.69 Å². The Morgan fingerprint density at radius 3 is 2.78 bits per heavy atom. The molecule has 0 spiro atoms. The largest absolute Gasteiger partial charge is 0.481 e. The molecule has 0 radical (unpaired) electrons. The molecule has 2 aliphatic rings. The summed E-state index contributed by atoms with van der Waals surface area (Å²) in [5, 5.41) is 11.9. The van der Waals surface area contributed by atoms with E-state index in [4.69, 9.17) is 5.11 Å². The molecule has 0 bridgehead atoms. The Morgan fingerprint density at radius 1 is 1.33 bits per heavy atom. The number of carboxylic acids is 1. The first-order valence-corrected chi connectivity index (χ1v) is 6.25. The van der Waals surface area contributed by atoms with Crippen molar-refractivity contribution in [3.8, 4) is 0 Å². The maximum absolute atomic E-state index is 11.4. The van der Waals surface area contributed by atoms with Gasteiger partial charge in [0.1, 0.15) is 0 Å². The molecule has 1 heterocycles. The third-order valence-electron chi connectivity index (χ3n) is 3.97. The number of carbonyl (C=O) groups is 2. The van der Waals surface area contributed by atoms with E-state index < -0.39 is 5.97 Å². The summed E-state index contributed by atoms with van der Waals surface area (Å²) in [6.07, 6.45) is 3.27. The van der Waals surface area contributed by atoms with Crippen molar-refractivity contribution in [3.05, 3.63) is 29.3 Å². The highest BCUT2D eigenvalue weighted by molar-refractivity contribution is 5.94. The van der Waals surface area contributed by atoms with E-state index in [1.807, 2.05) is 18.2 Å². The second-order valence-electron chi connectivity index (χ2n) is 5.23. The van der Waals surface area contributed by atoms with E-state index >= 15 is 0 Å². The topological polar surface area (TPSA) is 66.4 Å². The quantitative estimate of drug-likeness (QED) is 0.856. The van der Waals surface area contributed by atoms with Crippen molar-refractivity contribution in [1.29, 1.82) is 0 Å². The molecule has 1 aromatic carbocycles. The van der Waals surface area contributed by atoms with Gasteiger partial charge < -0.3 is 10.4 Å². The molecule has 0 unspecified atom stereocenters. The zero-order valence-electron chi connectivity index (χ0n) is 10.0. The molecule has 0 atom stereocenters. The predicted molar refractivity (Wildman–Crippen MR) is 66.6 cm³/mol.